The van der Waals surface area contributed by atoms with Gasteiger partial charge in [0.1, 0.15) is 0 Å². The molecular weight excluding hydrogens is 296 g/mol. The summed E-state index contributed by atoms with van der Waals surface area (Å²) < 4.78 is 0.740. The second-order valence-corrected chi connectivity index (χ2v) is 4.65. The smallest absolute Gasteiger partial charge is 0.239 e. The zero-order chi connectivity index (χ0) is 13.5. The highest BCUT2D eigenvalue weighted by Gasteiger charge is 2.10. The van der Waals surface area contributed by atoms with Crippen LogP contribution in [0.1, 0.15) is 24.2 Å². The largest absolute Gasteiger partial charge is 0.362 e. The lowest BCUT2D eigenvalue weighted by Crippen LogP contribution is -2.37. The molecule has 18 heavy (non-hydrogen) atoms. The zero-order valence-corrected chi connectivity index (χ0v) is 12.2. The Bertz CT molecular complexity index is 435. The standard InChI is InChI=1S/C13H17BrN2O2/c1-3-15-13(18)8-16(4-2)11-6-5-10(9-17)12(14)7-11/h5-7,9H,3-4,8H2,1-2H3,(H,15,18). The minimum absolute atomic E-state index is 0.00469. The van der Waals surface area contributed by atoms with E-state index in [1.54, 1.807) is 6.07 Å². The maximum Gasteiger partial charge on any atom is 0.239 e. The number of nitrogens with zero attached hydrogens (tertiary/aromatic N) is 1. The van der Waals surface area contributed by atoms with Gasteiger partial charge >= 0.3 is 0 Å². The number of amides is 1. The maximum absolute atomic E-state index is 11.6. The van der Waals surface area contributed by atoms with Crippen LogP contribution in [0.2, 0.25) is 0 Å². The van der Waals surface area contributed by atoms with Crippen LogP contribution in [-0.4, -0.2) is 31.8 Å². The van der Waals surface area contributed by atoms with E-state index < -0.39 is 0 Å². The SMILES string of the molecule is CCNC(=O)CN(CC)c1ccc(C=O)c(Br)c1. The molecular formula is C13H17BrN2O2. The first kappa shape index (κ1) is 14.7. The third-order valence-corrected chi connectivity index (χ3v) is 3.25. The molecule has 0 aliphatic rings. The average molecular weight is 313 g/mol. The molecule has 1 N–H and O–H groups in total. The topological polar surface area (TPSA) is 49.4 Å². The Labute approximate surface area is 115 Å². The lowest BCUT2D eigenvalue weighted by Gasteiger charge is -2.22. The van der Waals surface area contributed by atoms with Gasteiger partial charge in [-0.25, -0.2) is 0 Å². The third kappa shape index (κ3) is 3.84. The second-order valence-electron chi connectivity index (χ2n) is 3.79. The number of anilines is 1. The fourth-order valence-electron chi connectivity index (χ4n) is 1.62. The Morgan fingerprint density at radius 3 is 2.67 bits per heavy atom. The summed E-state index contributed by atoms with van der Waals surface area (Å²) in [5.41, 5.74) is 1.52. The molecule has 0 spiro atoms. The number of hydrogen-bond donors (Lipinski definition) is 1. The fourth-order valence-corrected chi connectivity index (χ4v) is 2.08. The first-order valence-corrected chi connectivity index (χ1v) is 6.68. The third-order valence-electron chi connectivity index (χ3n) is 2.57. The maximum atomic E-state index is 11.6. The molecule has 4 nitrogen and oxygen atoms in total. The lowest BCUT2D eigenvalue weighted by molar-refractivity contribution is -0.119. The summed E-state index contributed by atoms with van der Waals surface area (Å²) >= 11 is 3.34. The van der Waals surface area contributed by atoms with Crippen molar-refractivity contribution in [2.45, 2.75) is 13.8 Å². The number of benzene rings is 1. The van der Waals surface area contributed by atoms with Crippen molar-refractivity contribution in [3.8, 4) is 0 Å². The van der Waals surface area contributed by atoms with Gasteiger partial charge in [0.2, 0.25) is 5.91 Å². The molecule has 5 heteroatoms. The molecule has 0 unspecified atom stereocenters. The number of aldehydes is 1. The van der Waals surface area contributed by atoms with Gasteiger partial charge in [-0.3, -0.25) is 9.59 Å². The van der Waals surface area contributed by atoms with Crippen molar-refractivity contribution >= 4 is 33.8 Å². The van der Waals surface area contributed by atoms with Crippen LogP contribution in [-0.2, 0) is 4.79 Å². The molecule has 1 aromatic carbocycles. The van der Waals surface area contributed by atoms with E-state index in [4.69, 9.17) is 0 Å². The average Bonchev–Trinajstić information content (AvgIpc) is 2.36. The fraction of sp³-hybridized carbons (Fsp3) is 0.385. The highest BCUT2D eigenvalue weighted by Crippen LogP contribution is 2.23. The van der Waals surface area contributed by atoms with Crippen molar-refractivity contribution in [3.05, 3.63) is 28.2 Å². The molecule has 1 aromatic rings. The van der Waals surface area contributed by atoms with E-state index in [0.717, 1.165) is 23.0 Å². The number of halogens is 1. The molecule has 0 aliphatic carbocycles. The minimum atomic E-state index is -0.00469. The van der Waals surface area contributed by atoms with Gasteiger partial charge in [0.15, 0.2) is 6.29 Å². The van der Waals surface area contributed by atoms with E-state index in [1.165, 1.54) is 0 Å². The first-order chi connectivity index (χ1) is 8.62. The molecule has 0 fully saturated rings. The Morgan fingerprint density at radius 1 is 1.44 bits per heavy atom. The Kier molecular flexibility index (Phi) is 5.85. The number of carbonyl (C=O) groups excluding carboxylic acids is 2. The van der Waals surface area contributed by atoms with Crippen molar-refractivity contribution in [3.63, 3.8) is 0 Å². The van der Waals surface area contributed by atoms with Gasteiger partial charge in [0.05, 0.1) is 6.54 Å². The summed E-state index contributed by atoms with van der Waals surface area (Å²) in [6, 6.07) is 5.44. The number of nitrogens with one attached hydrogen (secondary N) is 1. The highest BCUT2D eigenvalue weighted by atomic mass is 79.9. The number of hydrogen-bond acceptors (Lipinski definition) is 3. The lowest BCUT2D eigenvalue weighted by atomic mass is 10.2. The van der Waals surface area contributed by atoms with E-state index in [9.17, 15) is 9.59 Å². The van der Waals surface area contributed by atoms with Crippen LogP contribution in [0.3, 0.4) is 0 Å². The first-order valence-electron chi connectivity index (χ1n) is 5.88. The summed E-state index contributed by atoms with van der Waals surface area (Å²) in [6.45, 7) is 5.55. The summed E-state index contributed by atoms with van der Waals surface area (Å²) in [4.78, 5) is 24.3. The van der Waals surface area contributed by atoms with E-state index >= 15 is 0 Å². The molecule has 0 radical (unpaired) electrons. The monoisotopic (exact) mass is 312 g/mol. The van der Waals surface area contributed by atoms with Gasteiger partial charge < -0.3 is 10.2 Å². The number of likely N-dealkylation sites (N-methyl/N-ethyl adjacent to an activating group) is 2. The second kappa shape index (κ2) is 7.16. The molecule has 0 aliphatic heterocycles. The van der Waals surface area contributed by atoms with E-state index in [0.29, 0.717) is 18.7 Å². The van der Waals surface area contributed by atoms with Crippen LogP contribution in [0.15, 0.2) is 22.7 Å². The van der Waals surface area contributed by atoms with Gasteiger partial charge in [0, 0.05) is 28.8 Å². The molecule has 98 valence electrons. The predicted molar refractivity (Wildman–Crippen MR) is 76.1 cm³/mol. The van der Waals surface area contributed by atoms with E-state index in [-0.39, 0.29) is 5.91 Å². The highest BCUT2D eigenvalue weighted by molar-refractivity contribution is 9.10. The van der Waals surface area contributed by atoms with Gasteiger partial charge in [-0.05, 0) is 48.0 Å². The van der Waals surface area contributed by atoms with Crippen LogP contribution >= 0.6 is 15.9 Å². The Balaban J connectivity index is 2.85. The van der Waals surface area contributed by atoms with Crippen molar-refractivity contribution in [1.82, 2.24) is 5.32 Å². The van der Waals surface area contributed by atoms with Crippen molar-refractivity contribution < 1.29 is 9.59 Å². The molecule has 0 atom stereocenters. The number of rotatable bonds is 6. The predicted octanol–water partition coefficient (Wildman–Crippen LogP) is 2.22. The van der Waals surface area contributed by atoms with Gasteiger partial charge in [0.25, 0.3) is 0 Å². The molecule has 0 saturated carbocycles. The van der Waals surface area contributed by atoms with Crippen molar-refractivity contribution in [1.29, 1.82) is 0 Å². The van der Waals surface area contributed by atoms with Crippen LogP contribution in [0, 0.1) is 0 Å². The summed E-state index contributed by atoms with van der Waals surface area (Å²) in [5, 5.41) is 2.77. The van der Waals surface area contributed by atoms with Crippen LogP contribution < -0.4 is 10.2 Å². The summed E-state index contributed by atoms with van der Waals surface area (Å²) in [6.07, 6.45) is 0.800. The van der Waals surface area contributed by atoms with Gasteiger partial charge in [-0.15, -0.1) is 0 Å². The molecule has 0 heterocycles. The normalized spacial score (nSPS) is 9.94. The Morgan fingerprint density at radius 2 is 2.17 bits per heavy atom. The zero-order valence-electron chi connectivity index (χ0n) is 10.6. The van der Waals surface area contributed by atoms with Crippen LogP contribution in [0.5, 0.6) is 0 Å². The minimum Gasteiger partial charge on any atom is -0.362 e. The molecule has 1 rings (SSSR count). The number of carbonyl (C=O) groups is 2. The van der Waals surface area contributed by atoms with Crippen molar-refractivity contribution in [2.75, 3.05) is 24.5 Å². The molecule has 0 bridgehead atoms. The van der Waals surface area contributed by atoms with E-state index in [1.807, 2.05) is 30.9 Å². The molecule has 1 amide bonds. The molecule has 0 saturated heterocycles. The van der Waals surface area contributed by atoms with Gasteiger partial charge in [-0.2, -0.15) is 0 Å². The summed E-state index contributed by atoms with van der Waals surface area (Å²) in [7, 11) is 0. The van der Waals surface area contributed by atoms with Crippen LogP contribution in [0.25, 0.3) is 0 Å². The van der Waals surface area contributed by atoms with Gasteiger partial charge in [-0.1, -0.05) is 0 Å². The van der Waals surface area contributed by atoms with Crippen molar-refractivity contribution in [2.24, 2.45) is 0 Å². The van der Waals surface area contributed by atoms with E-state index in [2.05, 4.69) is 21.2 Å². The quantitative estimate of drug-likeness (QED) is 0.819. The summed E-state index contributed by atoms with van der Waals surface area (Å²) in [5.74, 6) is -0.00469. The Hall–Kier alpha value is -1.36. The van der Waals surface area contributed by atoms with Crippen LogP contribution in [0.4, 0.5) is 5.69 Å². The molecule has 0 aromatic heterocycles.